The number of methoxy groups -OCH3 is 1. The summed E-state index contributed by atoms with van der Waals surface area (Å²) in [5, 5.41) is 3.54. The van der Waals surface area contributed by atoms with Crippen LogP contribution in [-0.2, 0) is 4.74 Å². The highest BCUT2D eigenvalue weighted by Gasteiger charge is 2.14. The molecule has 0 unspecified atom stereocenters. The van der Waals surface area contributed by atoms with Gasteiger partial charge in [-0.05, 0) is 40.8 Å². The molecule has 5 nitrogen and oxygen atoms in total. The van der Waals surface area contributed by atoms with Gasteiger partial charge in [-0.3, -0.25) is 0 Å². The molecule has 2 rings (SSSR count). The number of hydrogen-bond acceptors (Lipinski definition) is 5. The van der Waals surface area contributed by atoms with E-state index in [2.05, 4.69) is 42.6 Å². The maximum absolute atomic E-state index is 11.6. The predicted molar refractivity (Wildman–Crippen MR) is 80.8 cm³/mol. The van der Waals surface area contributed by atoms with Crippen LogP contribution in [0.5, 0.6) is 0 Å². The van der Waals surface area contributed by atoms with Crippen molar-refractivity contribution in [3.8, 4) is 0 Å². The first-order valence-electron chi connectivity index (χ1n) is 5.22. The van der Waals surface area contributed by atoms with E-state index in [1.165, 1.54) is 19.6 Å². The third-order valence-electron chi connectivity index (χ3n) is 2.30. The Morgan fingerprint density at radius 1 is 1.47 bits per heavy atom. The van der Waals surface area contributed by atoms with Gasteiger partial charge in [0.05, 0.1) is 17.8 Å². The number of aromatic nitrogens is 2. The summed E-state index contributed by atoms with van der Waals surface area (Å²) in [6, 6.07) is 5.52. The first kappa shape index (κ1) is 14.0. The topological polar surface area (TPSA) is 64.1 Å². The number of nitrogens with one attached hydrogen (secondary N) is 1. The second-order valence-electron chi connectivity index (χ2n) is 3.53. The number of nitrogens with zero attached hydrogens (tertiary/aromatic N) is 2. The van der Waals surface area contributed by atoms with E-state index in [0.29, 0.717) is 16.5 Å². The molecule has 19 heavy (non-hydrogen) atoms. The second kappa shape index (κ2) is 6.16. The Balaban J connectivity index is 2.35. The van der Waals surface area contributed by atoms with Gasteiger partial charge in [-0.25, -0.2) is 14.8 Å². The summed E-state index contributed by atoms with van der Waals surface area (Å²) in [4.78, 5) is 19.4. The monoisotopic (exact) mass is 389 g/mol. The van der Waals surface area contributed by atoms with Crippen LogP contribution in [0.2, 0.25) is 5.02 Å². The summed E-state index contributed by atoms with van der Waals surface area (Å²) >= 11 is 8.28. The van der Waals surface area contributed by atoms with Crippen LogP contribution in [0.25, 0.3) is 0 Å². The number of carbonyl (C=O) groups excluding carboxylic acids is 1. The number of halogens is 2. The van der Waals surface area contributed by atoms with Crippen molar-refractivity contribution in [3.63, 3.8) is 0 Å². The van der Waals surface area contributed by atoms with Crippen molar-refractivity contribution < 1.29 is 9.53 Å². The number of hydrogen-bond donors (Lipinski definition) is 1. The molecule has 0 aliphatic rings. The molecule has 0 spiro atoms. The molecular formula is C12H9ClIN3O2. The van der Waals surface area contributed by atoms with Gasteiger partial charge in [-0.1, -0.05) is 11.6 Å². The van der Waals surface area contributed by atoms with Crippen molar-refractivity contribution in [2.75, 3.05) is 12.4 Å². The first-order chi connectivity index (χ1) is 9.11. The van der Waals surface area contributed by atoms with Crippen LogP contribution in [0.4, 0.5) is 11.5 Å². The van der Waals surface area contributed by atoms with E-state index in [9.17, 15) is 4.79 Å². The smallest absolute Gasteiger partial charge is 0.343 e. The minimum absolute atomic E-state index is 0.250. The third-order valence-corrected chi connectivity index (χ3v) is 3.29. The second-order valence-corrected chi connectivity index (χ2v) is 5.18. The maximum atomic E-state index is 11.6. The Morgan fingerprint density at radius 3 is 2.95 bits per heavy atom. The van der Waals surface area contributed by atoms with Gasteiger partial charge in [-0.2, -0.15) is 0 Å². The molecule has 0 radical (unpaired) electrons. The molecule has 0 saturated heterocycles. The lowest BCUT2D eigenvalue weighted by Gasteiger charge is -2.10. The van der Waals surface area contributed by atoms with Crippen molar-refractivity contribution in [1.29, 1.82) is 0 Å². The highest BCUT2D eigenvalue weighted by molar-refractivity contribution is 14.1. The summed E-state index contributed by atoms with van der Waals surface area (Å²) < 4.78 is 5.69. The molecule has 1 N–H and O–H groups in total. The number of carbonyl (C=O) groups is 1. The molecule has 0 amide bonds. The summed E-state index contributed by atoms with van der Waals surface area (Å²) in [6.07, 6.45) is 2.73. The highest BCUT2D eigenvalue weighted by Crippen LogP contribution is 2.27. The van der Waals surface area contributed by atoms with Crippen molar-refractivity contribution in [3.05, 3.63) is 44.9 Å². The molecule has 0 bridgehead atoms. The van der Waals surface area contributed by atoms with Gasteiger partial charge < -0.3 is 10.1 Å². The molecule has 98 valence electrons. The van der Waals surface area contributed by atoms with Crippen molar-refractivity contribution in [1.82, 2.24) is 9.97 Å². The molecule has 1 heterocycles. The van der Waals surface area contributed by atoms with Crippen LogP contribution in [0.15, 0.2) is 30.7 Å². The SMILES string of the molecule is COC(=O)c1cncnc1Nc1ccc(I)cc1Cl. The Morgan fingerprint density at radius 2 is 2.26 bits per heavy atom. The average molecular weight is 390 g/mol. The zero-order chi connectivity index (χ0) is 13.8. The Hall–Kier alpha value is -1.41. The van der Waals surface area contributed by atoms with E-state index in [1.807, 2.05) is 18.2 Å². The molecule has 0 aliphatic carbocycles. The Bertz CT molecular complexity index is 622. The fourth-order valence-electron chi connectivity index (χ4n) is 1.41. The van der Waals surface area contributed by atoms with Gasteiger partial charge in [-0.15, -0.1) is 0 Å². The average Bonchev–Trinajstić information content (AvgIpc) is 2.41. The number of ether oxygens (including phenoxy) is 1. The molecule has 0 aliphatic heterocycles. The lowest BCUT2D eigenvalue weighted by Crippen LogP contribution is -2.08. The van der Waals surface area contributed by atoms with Crippen LogP contribution in [-0.4, -0.2) is 23.0 Å². The lowest BCUT2D eigenvalue weighted by molar-refractivity contribution is 0.0601. The van der Waals surface area contributed by atoms with E-state index in [1.54, 1.807) is 0 Å². The molecule has 0 saturated carbocycles. The molecule has 1 aromatic carbocycles. The van der Waals surface area contributed by atoms with Gasteiger partial charge in [0, 0.05) is 9.77 Å². The minimum atomic E-state index is -0.510. The van der Waals surface area contributed by atoms with Crippen LogP contribution in [0.1, 0.15) is 10.4 Å². The third kappa shape index (κ3) is 3.32. The zero-order valence-electron chi connectivity index (χ0n) is 9.85. The van der Waals surface area contributed by atoms with E-state index in [0.717, 1.165) is 3.57 Å². The van der Waals surface area contributed by atoms with E-state index in [4.69, 9.17) is 11.6 Å². The Labute approximate surface area is 128 Å². The molecule has 0 atom stereocenters. The Kier molecular flexibility index (Phi) is 4.54. The molecule has 0 fully saturated rings. The fraction of sp³-hybridized carbons (Fsp3) is 0.0833. The van der Waals surface area contributed by atoms with Crippen LogP contribution in [0.3, 0.4) is 0 Å². The summed E-state index contributed by atoms with van der Waals surface area (Å²) in [5.41, 5.74) is 0.908. The first-order valence-corrected chi connectivity index (χ1v) is 6.68. The summed E-state index contributed by atoms with van der Waals surface area (Å²) in [7, 11) is 1.30. The fourth-order valence-corrected chi connectivity index (χ4v) is 2.31. The zero-order valence-corrected chi connectivity index (χ0v) is 12.8. The normalized spacial score (nSPS) is 10.1. The predicted octanol–water partition coefficient (Wildman–Crippen LogP) is 3.26. The van der Waals surface area contributed by atoms with Gasteiger partial charge in [0.15, 0.2) is 0 Å². The van der Waals surface area contributed by atoms with Crippen LogP contribution < -0.4 is 5.32 Å². The van der Waals surface area contributed by atoms with Crippen LogP contribution >= 0.6 is 34.2 Å². The van der Waals surface area contributed by atoms with Crippen LogP contribution in [0, 0.1) is 3.57 Å². The van der Waals surface area contributed by atoms with Gasteiger partial charge in [0.1, 0.15) is 17.7 Å². The molecule has 2 aromatic rings. The van der Waals surface area contributed by atoms with Gasteiger partial charge in [0.25, 0.3) is 0 Å². The summed E-state index contributed by atoms with van der Waals surface area (Å²) in [5.74, 6) is -0.158. The van der Waals surface area contributed by atoms with E-state index in [-0.39, 0.29) is 5.56 Å². The van der Waals surface area contributed by atoms with E-state index >= 15 is 0 Å². The molecular weight excluding hydrogens is 381 g/mol. The van der Waals surface area contributed by atoms with E-state index < -0.39 is 5.97 Å². The molecule has 7 heteroatoms. The summed E-state index contributed by atoms with van der Waals surface area (Å²) in [6.45, 7) is 0. The number of rotatable bonds is 3. The quantitative estimate of drug-likeness (QED) is 0.645. The number of anilines is 2. The van der Waals surface area contributed by atoms with Gasteiger partial charge >= 0.3 is 5.97 Å². The van der Waals surface area contributed by atoms with Gasteiger partial charge in [0.2, 0.25) is 0 Å². The lowest BCUT2D eigenvalue weighted by atomic mass is 10.2. The van der Waals surface area contributed by atoms with Crippen molar-refractivity contribution in [2.45, 2.75) is 0 Å². The maximum Gasteiger partial charge on any atom is 0.343 e. The number of benzene rings is 1. The minimum Gasteiger partial charge on any atom is -0.465 e. The van der Waals surface area contributed by atoms with Crippen molar-refractivity contribution >= 4 is 51.7 Å². The molecule has 1 aromatic heterocycles. The largest absolute Gasteiger partial charge is 0.465 e. The number of esters is 1. The van der Waals surface area contributed by atoms with Crippen molar-refractivity contribution in [2.24, 2.45) is 0 Å². The standard InChI is InChI=1S/C12H9ClIN3O2/c1-19-12(18)8-5-15-6-16-11(8)17-10-3-2-7(14)4-9(10)13/h2-6H,1H3,(H,15,16,17). The highest BCUT2D eigenvalue weighted by atomic mass is 127.